The van der Waals surface area contributed by atoms with Crippen LogP contribution in [-0.4, -0.2) is 56.7 Å². The molecule has 2 aliphatic rings. The first-order chi connectivity index (χ1) is 11.1. The van der Waals surface area contributed by atoms with Gasteiger partial charge in [-0.1, -0.05) is 0 Å². The highest BCUT2D eigenvalue weighted by Gasteiger charge is 2.31. The van der Waals surface area contributed by atoms with Crippen LogP contribution >= 0.6 is 0 Å². The molecule has 0 bridgehead atoms. The summed E-state index contributed by atoms with van der Waals surface area (Å²) in [5, 5.41) is 2.68. The first-order valence-corrected chi connectivity index (χ1v) is 7.52. The van der Waals surface area contributed by atoms with Crippen molar-refractivity contribution in [3.63, 3.8) is 0 Å². The molecule has 2 amide bonds. The molecule has 1 atom stereocenters. The molecular formula is C16H20N2O5. The Hall–Kier alpha value is -2.28. The molecule has 1 aromatic rings. The minimum Gasteiger partial charge on any atom is -0.493 e. The van der Waals surface area contributed by atoms with Crippen LogP contribution in [0.25, 0.3) is 0 Å². The fourth-order valence-corrected chi connectivity index (χ4v) is 2.97. The van der Waals surface area contributed by atoms with Crippen LogP contribution in [0.2, 0.25) is 0 Å². The van der Waals surface area contributed by atoms with Gasteiger partial charge in [0.1, 0.15) is 12.6 Å². The second-order valence-corrected chi connectivity index (χ2v) is 5.62. The molecule has 23 heavy (non-hydrogen) atoms. The van der Waals surface area contributed by atoms with Crippen molar-refractivity contribution >= 4 is 11.8 Å². The van der Waals surface area contributed by atoms with Crippen molar-refractivity contribution in [2.75, 3.05) is 34.0 Å². The number of hydrogen-bond acceptors (Lipinski definition) is 5. The van der Waals surface area contributed by atoms with E-state index in [4.69, 9.17) is 14.2 Å². The summed E-state index contributed by atoms with van der Waals surface area (Å²) in [4.78, 5) is 25.7. The molecule has 7 nitrogen and oxygen atoms in total. The van der Waals surface area contributed by atoms with Gasteiger partial charge in [-0.2, -0.15) is 0 Å². The van der Waals surface area contributed by atoms with Crippen molar-refractivity contribution in [1.82, 2.24) is 10.2 Å². The van der Waals surface area contributed by atoms with Gasteiger partial charge in [-0.15, -0.1) is 0 Å². The fraction of sp³-hybridized carbons (Fsp3) is 0.500. The Kier molecular flexibility index (Phi) is 4.38. The van der Waals surface area contributed by atoms with E-state index in [1.807, 2.05) is 12.1 Å². The second kappa shape index (κ2) is 6.45. The lowest BCUT2D eigenvalue weighted by molar-refractivity contribution is -0.144. The molecule has 7 heteroatoms. The highest BCUT2D eigenvalue weighted by Crippen LogP contribution is 2.33. The van der Waals surface area contributed by atoms with Crippen molar-refractivity contribution in [2.24, 2.45) is 0 Å². The first-order valence-electron chi connectivity index (χ1n) is 7.52. The zero-order valence-electron chi connectivity index (χ0n) is 13.3. The van der Waals surface area contributed by atoms with Crippen LogP contribution in [-0.2, 0) is 27.3 Å². The predicted molar refractivity (Wildman–Crippen MR) is 81.4 cm³/mol. The number of benzene rings is 1. The Morgan fingerprint density at radius 1 is 1.26 bits per heavy atom. The van der Waals surface area contributed by atoms with E-state index >= 15 is 0 Å². The van der Waals surface area contributed by atoms with Gasteiger partial charge in [-0.3, -0.25) is 9.59 Å². The van der Waals surface area contributed by atoms with E-state index in [2.05, 4.69) is 5.32 Å². The smallest absolute Gasteiger partial charge is 0.247 e. The quantitative estimate of drug-likeness (QED) is 0.855. The van der Waals surface area contributed by atoms with E-state index in [9.17, 15) is 9.59 Å². The first kappa shape index (κ1) is 15.6. The monoisotopic (exact) mass is 320 g/mol. The number of carbonyl (C=O) groups is 2. The summed E-state index contributed by atoms with van der Waals surface area (Å²) in [6.07, 6.45) is 0.739. The van der Waals surface area contributed by atoms with Crippen LogP contribution in [0.15, 0.2) is 12.1 Å². The van der Waals surface area contributed by atoms with Crippen molar-refractivity contribution in [2.45, 2.75) is 19.0 Å². The maximum Gasteiger partial charge on any atom is 0.247 e. The third-order valence-electron chi connectivity index (χ3n) is 4.18. The minimum atomic E-state index is -0.599. The summed E-state index contributed by atoms with van der Waals surface area (Å²) >= 11 is 0. The molecule has 1 unspecified atom stereocenters. The van der Waals surface area contributed by atoms with Crippen LogP contribution in [0.4, 0.5) is 0 Å². The Morgan fingerprint density at radius 2 is 1.96 bits per heavy atom. The minimum absolute atomic E-state index is 0.0175. The third-order valence-corrected chi connectivity index (χ3v) is 4.18. The Morgan fingerprint density at radius 3 is 2.61 bits per heavy atom. The van der Waals surface area contributed by atoms with E-state index in [1.54, 1.807) is 19.1 Å². The lowest BCUT2D eigenvalue weighted by Gasteiger charge is -2.33. The molecule has 1 saturated heterocycles. The van der Waals surface area contributed by atoms with Gasteiger partial charge in [0.05, 0.1) is 20.8 Å². The fourth-order valence-electron chi connectivity index (χ4n) is 2.97. The average Bonchev–Trinajstić information content (AvgIpc) is 2.59. The topological polar surface area (TPSA) is 77.1 Å². The molecule has 1 N–H and O–H groups in total. The molecule has 0 radical (unpaired) electrons. The number of morpholine rings is 1. The van der Waals surface area contributed by atoms with E-state index in [0.29, 0.717) is 24.6 Å². The van der Waals surface area contributed by atoms with Gasteiger partial charge in [0.2, 0.25) is 11.8 Å². The summed E-state index contributed by atoms with van der Waals surface area (Å²) in [5.41, 5.74) is 2.18. The van der Waals surface area contributed by atoms with Crippen LogP contribution in [0, 0.1) is 0 Å². The normalized spacial score (nSPS) is 20.5. The number of nitrogens with zero attached hydrogens (tertiary/aromatic N) is 1. The van der Waals surface area contributed by atoms with E-state index in [1.165, 1.54) is 0 Å². The van der Waals surface area contributed by atoms with E-state index in [0.717, 1.165) is 17.5 Å². The van der Waals surface area contributed by atoms with E-state index in [-0.39, 0.29) is 25.0 Å². The van der Waals surface area contributed by atoms with Crippen LogP contribution < -0.4 is 14.8 Å². The summed E-state index contributed by atoms with van der Waals surface area (Å²) in [5.74, 6) is 0.978. The molecule has 0 aliphatic carbocycles. The van der Waals surface area contributed by atoms with Gasteiger partial charge >= 0.3 is 0 Å². The number of amides is 2. The van der Waals surface area contributed by atoms with Crippen molar-refractivity contribution in [1.29, 1.82) is 0 Å². The number of ether oxygens (including phenoxy) is 3. The van der Waals surface area contributed by atoms with Crippen molar-refractivity contribution < 1.29 is 23.8 Å². The van der Waals surface area contributed by atoms with E-state index < -0.39 is 6.04 Å². The number of nitrogens with one attached hydrogen (secondary N) is 1. The molecule has 0 saturated carbocycles. The van der Waals surface area contributed by atoms with Gasteiger partial charge in [0, 0.05) is 13.1 Å². The highest BCUT2D eigenvalue weighted by molar-refractivity contribution is 5.89. The van der Waals surface area contributed by atoms with Gasteiger partial charge in [-0.25, -0.2) is 0 Å². The molecule has 1 aromatic carbocycles. The van der Waals surface area contributed by atoms with Gasteiger partial charge in [0.15, 0.2) is 11.5 Å². The molecule has 3 rings (SSSR count). The lowest BCUT2D eigenvalue weighted by atomic mass is 9.98. The zero-order chi connectivity index (χ0) is 16.4. The molecule has 2 heterocycles. The molecule has 2 aliphatic heterocycles. The van der Waals surface area contributed by atoms with Crippen LogP contribution in [0.5, 0.6) is 11.5 Å². The largest absolute Gasteiger partial charge is 0.493 e. The Balaban J connectivity index is 1.76. The number of methoxy groups -OCH3 is 2. The van der Waals surface area contributed by atoms with Crippen LogP contribution in [0.3, 0.4) is 0 Å². The molecule has 0 aromatic heterocycles. The third kappa shape index (κ3) is 3.10. The lowest BCUT2D eigenvalue weighted by Crippen LogP contribution is -2.55. The number of carbonyl (C=O) groups excluding carboxylic acids is 2. The maximum absolute atomic E-state index is 12.6. The maximum atomic E-state index is 12.6. The second-order valence-electron chi connectivity index (χ2n) is 5.62. The molecule has 1 fully saturated rings. The van der Waals surface area contributed by atoms with Gasteiger partial charge in [-0.05, 0) is 29.7 Å². The average molecular weight is 320 g/mol. The number of hydrogen-bond donors (Lipinski definition) is 1. The highest BCUT2D eigenvalue weighted by atomic mass is 16.5. The number of fused-ring (bicyclic) bond motifs is 1. The Bertz CT molecular complexity index is 631. The van der Waals surface area contributed by atoms with Gasteiger partial charge < -0.3 is 24.4 Å². The van der Waals surface area contributed by atoms with Crippen LogP contribution in [0.1, 0.15) is 11.1 Å². The summed E-state index contributed by atoms with van der Waals surface area (Å²) < 4.78 is 15.8. The molecule has 0 spiro atoms. The van der Waals surface area contributed by atoms with Crippen molar-refractivity contribution in [3.05, 3.63) is 23.3 Å². The van der Waals surface area contributed by atoms with Gasteiger partial charge in [0.25, 0.3) is 0 Å². The number of rotatable bonds is 3. The standard InChI is InChI=1S/C16H20N2O5/c1-21-13-5-10-3-4-18(7-11(10)6-14(13)22-2)16(20)12-8-23-9-15(19)17-12/h5-6,12H,3-4,7-9H2,1-2H3,(H,17,19). The summed E-state index contributed by atoms with van der Waals surface area (Å²) in [6, 6.07) is 3.27. The van der Waals surface area contributed by atoms with Crippen molar-refractivity contribution in [3.8, 4) is 11.5 Å². The molecule has 124 valence electrons. The molecular weight excluding hydrogens is 300 g/mol. The SMILES string of the molecule is COc1cc2c(cc1OC)CN(C(=O)C1COCC(=O)N1)CC2. The Labute approximate surface area is 134 Å². The zero-order valence-corrected chi connectivity index (χ0v) is 13.3. The predicted octanol–water partition coefficient (Wildman–Crippen LogP) is 0.104. The summed E-state index contributed by atoms with van der Waals surface area (Å²) in [7, 11) is 3.19. The summed E-state index contributed by atoms with van der Waals surface area (Å²) in [6.45, 7) is 1.33.